The van der Waals surface area contributed by atoms with Crippen molar-refractivity contribution in [3.63, 3.8) is 0 Å². The van der Waals surface area contributed by atoms with Gasteiger partial charge >= 0.3 is 6.18 Å². The number of rotatable bonds is 3. The molecule has 3 rings (SSSR count). The van der Waals surface area contributed by atoms with Crippen LogP contribution in [0.2, 0.25) is 0 Å². The first-order valence-corrected chi connectivity index (χ1v) is 8.12. The van der Waals surface area contributed by atoms with Crippen LogP contribution in [0.15, 0.2) is 53.3 Å². The van der Waals surface area contributed by atoms with E-state index < -0.39 is 46.1 Å². The molecule has 0 atom stereocenters. The molecular formula is C19H12F5N3O2. The van der Waals surface area contributed by atoms with Gasteiger partial charge in [-0.2, -0.15) is 18.3 Å². The van der Waals surface area contributed by atoms with Gasteiger partial charge in [0.2, 0.25) is 5.43 Å². The third kappa shape index (κ3) is 4.15. The minimum Gasteiger partial charge on any atom is -0.318 e. The molecule has 0 saturated carbocycles. The molecule has 0 unspecified atom stereocenters. The molecular weight excluding hydrogens is 397 g/mol. The zero-order valence-corrected chi connectivity index (χ0v) is 14.7. The van der Waals surface area contributed by atoms with Crippen molar-refractivity contribution < 1.29 is 26.7 Å². The van der Waals surface area contributed by atoms with E-state index in [-0.39, 0.29) is 11.4 Å². The van der Waals surface area contributed by atoms with Gasteiger partial charge in [0.15, 0.2) is 5.69 Å². The van der Waals surface area contributed by atoms with Crippen LogP contribution in [-0.4, -0.2) is 15.7 Å². The number of nitrogens with zero attached hydrogens (tertiary/aromatic N) is 2. The third-order valence-electron chi connectivity index (χ3n) is 3.94. The van der Waals surface area contributed by atoms with Crippen molar-refractivity contribution in [1.82, 2.24) is 9.78 Å². The largest absolute Gasteiger partial charge is 0.418 e. The van der Waals surface area contributed by atoms with Gasteiger partial charge in [-0.05, 0) is 31.2 Å². The van der Waals surface area contributed by atoms with Crippen LogP contribution in [0.4, 0.5) is 27.6 Å². The van der Waals surface area contributed by atoms with E-state index in [1.165, 1.54) is 19.1 Å². The predicted molar refractivity (Wildman–Crippen MR) is 93.9 cm³/mol. The number of amides is 1. The van der Waals surface area contributed by atoms with Crippen LogP contribution in [0.1, 0.15) is 21.7 Å². The summed E-state index contributed by atoms with van der Waals surface area (Å²) < 4.78 is 67.5. The number of carbonyl (C=O) groups excluding carboxylic acids is 1. The van der Waals surface area contributed by atoms with Gasteiger partial charge in [-0.1, -0.05) is 12.1 Å². The van der Waals surface area contributed by atoms with Crippen LogP contribution >= 0.6 is 0 Å². The SMILES string of the molecule is Cc1cc(=O)c(C(=O)Nc2ccc(F)cc2F)nn1-c1ccccc1C(F)(F)F. The molecule has 10 heteroatoms. The van der Waals surface area contributed by atoms with Crippen molar-refractivity contribution >= 4 is 11.6 Å². The van der Waals surface area contributed by atoms with Crippen LogP contribution < -0.4 is 10.7 Å². The number of nitrogens with one attached hydrogen (secondary N) is 1. The molecule has 0 aliphatic rings. The quantitative estimate of drug-likeness (QED) is 0.663. The highest BCUT2D eigenvalue weighted by atomic mass is 19.4. The number of aromatic nitrogens is 2. The van der Waals surface area contributed by atoms with E-state index in [4.69, 9.17) is 0 Å². The molecule has 0 bridgehead atoms. The van der Waals surface area contributed by atoms with Gasteiger partial charge in [-0.15, -0.1) is 0 Å². The molecule has 0 radical (unpaired) electrons. The minimum absolute atomic E-state index is 0.0520. The summed E-state index contributed by atoms with van der Waals surface area (Å²) in [6, 6.07) is 7.79. The molecule has 29 heavy (non-hydrogen) atoms. The van der Waals surface area contributed by atoms with E-state index in [1.54, 1.807) is 0 Å². The van der Waals surface area contributed by atoms with Crippen molar-refractivity contribution in [2.45, 2.75) is 13.1 Å². The van der Waals surface area contributed by atoms with Gasteiger partial charge in [-0.3, -0.25) is 9.59 Å². The van der Waals surface area contributed by atoms with Gasteiger partial charge < -0.3 is 5.32 Å². The normalized spacial score (nSPS) is 11.4. The molecule has 2 aromatic carbocycles. The van der Waals surface area contributed by atoms with Gasteiger partial charge in [0, 0.05) is 17.8 Å². The molecule has 0 aliphatic carbocycles. The highest BCUT2D eigenvalue weighted by molar-refractivity contribution is 6.02. The number of para-hydroxylation sites is 1. The Labute approximate surface area is 160 Å². The maximum Gasteiger partial charge on any atom is 0.418 e. The number of alkyl halides is 3. The zero-order chi connectivity index (χ0) is 21.3. The fourth-order valence-electron chi connectivity index (χ4n) is 2.62. The summed E-state index contributed by atoms with van der Waals surface area (Å²) in [6.07, 6.45) is -4.70. The van der Waals surface area contributed by atoms with Crippen LogP contribution in [0, 0.1) is 18.6 Å². The van der Waals surface area contributed by atoms with E-state index >= 15 is 0 Å². The van der Waals surface area contributed by atoms with Gasteiger partial charge in [0.1, 0.15) is 11.6 Å². The summed E-state index contributed by atoms with van der Waals surface area (Å²) >= 11 is 0. The molecule has 1 aromatic heterocycles. The molecule has 3 aromatic rings. The van der Waals surface area contributed by atoms with E-state index in [0.29, 0.717) is 6.07 Å². The molecule has 5 nitrogen and oxygen atoms in total. The van der Waals surface area contributed by atoms with Gasteiger partial charge in [-0.25, -0.2) is 13.5 Å². The van der Waals surface area contributed by atoms with Crippen molar-refractivity contribution in [1.29, 1.82) is 0 Å². The number of hydrogen-bond donors (Lipinski definition) is 1. The highest BCUT2D eigenvalue weighted by Crippen LogP contribution is 2.33. The van der Waals surface area contributed by atoms with Crippen LogP contribution in [0.3, 0.4) is 0 Å². The topological polar surface area (TPSA) is 64.0 Å². The van der Waals surface area contributed by atoms with Crippen molar-refractivity contribution in [3.8, 4) is 5.69 Å². The summed E-state index contributed by atoms with van der Waals surface area (Å²) in [5, 5.41) is 5.81. The Hall–Kier alpha value is -3.56. The second-order valence-electron chi connectivity index (χ2n) is 6.00. The Kier molecular flexibility index (Phi) is 5.19. The lowest BCUT2D eigenvalue weighted by Gasteiger charge is -2.16. The first-order chi connectivity index (χ1) is 13.6. The summed E-state index contributed by atoms with van der Waals surface area (Å²) in [6.45, 7) is 1.35. The number of hydrogen-bond acceptors (Lipinski definition) is 3. The van der Waals surface area contributed by atoms with Gasteiger partial charge in [0.05, 0.1) is 16.9 Å². The van der Waals surface area contributed by atoms with Crippen molar-refractivity contribution in [2.75, 3.05) is 5.32 Å². The molecule has 1 amide bonds. The lowest BCUT2D eigenvalue weighted by molar-refractivity contribution is -0.137. The number of aryl methyl sites for hydroxylation is 1. The number of halogens is 5. The number of anilines is 1. The molecule has 0 aliphatic heterocycles. The van der Waals surface area contributed by atoms with Crippen LogP contribution in [0.25, 0.3) is 5.69 Å². The number of carbonyl (C=O) groups is 1. The first kappa shape index (κ1) is 20.2. The smallest absolute Gasteiger partial charge is 0.318 e. The Bertz CT molecular complexity index is 1160. The molecule has 1 heterocycles. The Morgan fingerprint density at radius 1 is 1.07 bits per heavy atom. The van der Waals surface area contributed by atoms with E-state index in [2.05, 4.69) is 10.4 Å². The Balaban J connectivity index is 2.08. The molecule has 0 fully saturated rings. The predicted octanol–water partition coefficient (Wildman–Crippen LogP) is 4.09. The Morgan fingerprint density at radius 2 is 1.76 bits per heavy atom. The minimum atomic E-state index is -4.70. The summed E-state index contributed by atoms with van der Waals surface area (Å²) in [5.41, 5.74) is -3.40. The summed E-state index contributed by atoms with van der Waals surface area (Å²) in [7, 11) is 0. The average Bonchev–Trinajstić information content (AvgIpc) is 2.63. The standard InChI is InChI=1S/C19H12F5N3O2/c1-10-8-16(28)17(18(29)25-14-7-6-11(20)9-13(14)21)26-27(10)15-5-3-2-4-12(15)19(22,23)24/h2-9H,1H3,(H,25,29). The molecule has 1 N–H and O–H groups in total. The average molecular weight is 409 g/mol. The fraction of sp³-hybridized carbons (Fsp3) is 0.105. The van der Waals surface area contributed by atoms with E-state index in [0.717, 1.165) is 35.0 Å². The third-order valence-corrected chi connectivity index (χ3v) is 3.94. The highest BCUT2D eigenvalue weighted by Gasteiger charge is 2.34. The summed E-state index contributed by atoms with van der Waals surface area (Å²) in [5.74, 6) is -3.12. The first-order valence-electron chi connectivity index (χ1n) is 8.12. The molecule has 0 spiro atoms. The molecule has 150 valence electrons. The lowest BCUT2D eigenvalue weighted by atomic mass is 10.1. The van der Waals surface area contributed by atoms with Crippen LogP contribution in [-0.2, 0) is 6.18 Å². The molecule has 0 saturated heterocycles. The maximum absolute atomic E-state index is 13.7. The zero-order valence-electron chi connectivity index (χ0n) is 14.7. The van der Waals surface area contributed by atoms with E-state index in [1.807, 2.05) is 0 Å². The fourth-order valence-corrected chi connectivity index (χ4v) is 2.62. The number of benzene rings is 2. The second-order valence-corrected chi connectivity index (χ2v) is 6.00. The van der Waals surface area contributed by atoms with Crippen LogP contribution in [0.5, 0.6) is 0 Å². The second kappa shape index (κ2) is 7.46. The van der Waals surface area contributed by atoms with Crippen molar-refractivity contribution in [2.24, 2.45) is 0 Å². The van der Waals surface area contributed by atoms with Gasteiger partial charge in [0.25, 0.3) is 5.91 Å². The maximum atomic E-state index is 13.7. The Morgan fingerprint density at radius 3 is 2.41 bits per heavy atom. The summed E-state index contributed by atoms with van der Waals surface area (Å²) in [4.78, 5) is 24.5. The monoisotopic (exact) mass is 409 g/mol. The van der Waals surface area contributed by atoms with Crippen molar-refractivity contribution in [3.05, 3.63) is 87.3 Å². The lowest BCUT2D eigenvalue weighted by Crippen LogP contribution is -2.28. The van der Waals surface area contributed by atoms with E-state index in [9.17, 15) is 31.5 Å².